The Morgan fingerprint density at radius 1 is 1.00 bits per heavy atom. The Labute approximate surface area is 101 Å². The third-order valence-electron chi connectivity index (χ3n) is 2.99. The molecular formula is C16H14O. The molecule has 0 aromatic heterocycles. The average molecular weight is 222 g/mol. The van der Waals surface area contributed by atoms with E-state index in [2.05, 4.69) is 49.4 Å². The second-order valence-corrected chi connectivity index (χ2v) is 4.35. The summed E-state index contributed by atoms with van der Waals surface area (Å²) in [6.45, 7) is 2.10. The molecule has 0 aliphatic carbocycles. The SMILES string of the molecule is Cc1cccc([C@H]2C=Cc3ccccc3O2)c1. The van der Waals surface area contributed by atoms with Gasteiger partial charge in [0.25, 0.3) is 0 Å². The zero-order valence-corrected chi connectivity index (χ0v) is 9.76. The van der Waals surface area contributed by atoms with Crippen molar-refractivity contribution in [3.63, 3.8) is 0 Å². The minimum atomic E-state index is 0.0322. The number of fused-ring (bicyclic) bond motifs is 1. The molecule has 0 N–H and O–H groups in total. The van der Waals surface area contributed by atoms with Gasteiger partial charge in [0.1, 0.15) is 11.9 Å². The van der Waals surface area contributed by atoms with Crippen LogP contribution < -0.4 is 4.74 Å². The van der Waals surface area contributed by atoms with Gasteiger partial charge in [-0.05, 0) is 24.6 Å². The van der Waals surface area contributed by atoms with E-state index in [9.17, 15) is 0 Å². The van der Waals surface area contributed by atoms with E-state index in [1.165, 1.54) is 11.1 Å². The van der Waals surface area contributed by atoms with Crippen LogP contribution in [0.25, 0.3) is 6.08 Å². The van der Waals surface area contributed by atoms with Gasteiger partial charge in [-0.25, -0.2) is 0 Å². The van der Waals surface area contributed by atoms with Gasteiger partial charge in [0, 0.05) is 5.56 Å². The lowest BCUT2D eigenvalue weighted by molar-refractivity contribution is 0.251. The molecule has 0 unspecified atom stereocenters. The number of hydrogen-bond donors (Lipinski definition) is 0. The Balaban J connectivity index is 1.95. The number of ether oxygens (including phenoxy) is 1. The largest absolute Gasteiger partial charge is 0.481 e. The Bertz CT molecular complexity index is 569. The molecule has 0 saturated carbocycles. The molecule has 0 fully saturated rings. The Hall–Kier alpha value is -2.02. The molecular weight excluding hydrogens is 208 g/mol. The van der Waals surface area contributed by atoms with Crippen molar-refractivity contribution in [3.8, 4) is 5.75 Å². The van der Waals surface area contributed by atoms with Crippen molar-refractivity contribution in [2.45, 2.75) is 13.0 Å². The first-order chi connectivity index (χ1) is 8.33. The molecule has 0 saturated heterocycles. The lowest BCUT2D eigenvalue weighted by atomic mass is 10.0. The zero-order valence-electron chi connectivity index (χ0n) is 9.76. The van der Waals surface area contributed by atoms with E-state index in [0.717, 1.165) is 11.3 Å². The van der Waals surface area contributed by atoms with Gasteiger partial charge >= 0.3 is 0 Å². The highest BCUT2D eigenvalue weighted by Gasteiger charge is 2.15. The molecule has 1 atom stereocenters. The lowest BCUT2D eigenvalue weighted by Crippen LogP contribution is -2.08. The van der Waals surface area contributed by atoms with Gasteiger partial charge in [0.15, 0.2) is 0 Å². The van der Waals surface area contributed by atoms with E-state index in [-0.39, 0.29) is 6.10 Å². The summed E-state index contributed by atoms with van der Waals surface area (Å²) in [5, 5.41) is 0. The maximum absolute atomic E-state index is 5.99. The minimum absolute atomic E-state index is 0.0322. The van der Waals surface area contributed by atoms with Gasteiger partial charge in [0.05, 0.1) is 0 Å². The van der Waals surface area contributed by atoms with Crippen molar-refractivity contribution in [2.24, 2.45) is 0 Å². The molecule has 1 aliphatic rings. The fourth-order valence-corrected chi connectivity index (χ4v) is 2.12. The van der Waals surface area contributed by atoms with Crippen LogP contribution in [0.15, 0.2) is 54.6 Å². The van der Waals surface area contributed by atoms with Crippen LogP contribution in [0.1, 0.15) is 22.8 Å². The fraction of sp³-hybridized carbons (Fsp3) is 0.125. The summed E-state index contributed by atoms with van der Waals surface area (Å²) in [7, 11) is 0. The van der Waals surface area contributed by atoms with Crippen LogP contribution in [-0.2, 0) is 0 Å². The van der Waals surface area contributed by atoms with Crippen LogP contribution in [0.3, 0.4) is 0 Å². The van der Waals surface area contributed by atoms with E-state index in [4.69, 9.17) is 4.74 Å². The summed E-state index contributed by atoms with van der Waals surface area (Å²) in [5.74, 6) is 0.960. The second kappa shape index (κ2) is 4.10. The number of aryl methyl sites for hydroxylation is 1. The quantitative estimate of drug-likeness (QED) is 0.704. The number of para-hydroxylation sites is 1. The highest BCUT2D eigenvalue weighted by Crippen LogP contribution is 2.32. The van der Waals surface area contributed by atoms with Crippen molar-refractivity contribution in [1.29, 1.82) is 0 Å². The molecule has 3 rings (SSSR count). The van der Waals surface area contributed by atoms with Crippen molar-refractivity contribution in [2.75, 3.05) is 0 Å². The topological polar surface area (TPSA) is 9.23 Å². The molecule has 0 spiro atoms. The molecule has 1 aliphatic heterocycles. The third kappa shape index (κ3) is 1.96. The van der Waals surface area contributed by atoms with Gasteiger partial charge < -0.3 is 4.74 Å². The summed E-state index contributed by atoms with van der Waals surface area (Å²) in [6.07, 6.45) is 4.27. The van der Waals surface area contributed by atoms with Gasteiger partial charge in [-0.1, -0.05) is 54.1 Å². The molecule has 1 heterocycles. The van der Waals surface area contributed by atoms with E-state index in [1.54, 1.807) is 0 Å². The number of benzene rings is 2. The van der Waals surface area contributed by atoms with E-state index >= 15 is 0 Å². The predicted octanol–water partition coefficient (Wildman–Crippen LogP) is 4.14. The summed E-state index contributed by atoms with van der Waals surface area (Å²) >= 11 is 0. The molecule has 0 amide bonds. The van der Waals surface area contributed by atoms with Gasteiger partial charge in [-0.3, -0.25) is 0 Å². The van der Waals surface area contributed by atoms with Crippen molar-refractivity contribution < 1.29 is 4.74 Å². The number of hydrogen-bond acceptors (Lipinski definition) is 1. The van der Waals surface area contributed by atoms with Gasteiger partial charge in [-0.15, -0.1) is 0 Å². The molecule has 17 heavy (non-hydrogen) atoms. The molecule has 2 aromatic rings. The van der Waals surface area contributed by atoms with Crippen molar-refractivity contribution >= 4 is 6.08 Å². The Kier molecular flexibility index (Phi) is 2.45. The highest BCUT2D eigenvalue weighted by atomic mass is 16.5. The van der Waals surface area contributed by atoms with Gasteiger partial charge in [0.2, 0.25) is 0 Å². The van der Waals surface area contributed by atoms with Crippen LogP contribution in [0.2, 0.25) is 0 Å². The summed E-state index contributed by atoms with van der Waals surface area (Å²) in [5.41, 5.74) is 3.62. The predicted molar refractivity (Wildman–Crippen MR) is 70.0 cm³/mol. The molecule has 1 heteroatoms. The molecule has 0 radical (unpaired) electrons. The third-order valence-corrected chi connectivity index (χ3v) is 2.99. The normalized spacial score (nSPS) is 17.4. The van der Waals surface area contributed by atoms with Crippen molar-refractivity contribution in [3.05, 3.63) is 71.3 Å². The minimum Gasteiger partial charge on any atom is -0.481 e. The highest BCUT2D eigenvalue weighted by molar-refractivity contribution is 5.60. The fourth-order valence-electron chi connectivity index (χ4n) is 2.12. The van der Waals surface area contributed by atoms with Crippen LogP contribution >= 0.6 is 0 Å². The second-order valence-electron chi connectivity index (χ2n) is 4.35. The standard InChI is InChI=1S/C16H14O/c1-12-5-4-7-14(11-12)16-10-9-13-6-2-3-8-15(13)17-16/h2-11,16H,1H3/t16-/m1/s1. The van der Waals surface area contributed by atoms with Crippen LogP contribution in [0, 0.1) is 6.92 Å². The van der Waals surface area contributed by atoms with E-state index in [1.807, 2.05) is 18.2 Å². The number of rotatable bonds is 1. The molecule has 0 bridgehead atoms. The van der Waals surface area contributed by atoms with Crippen LogP contribution in [-0.4, -0.2) is 0 Å². The maximum atomic E-state index is 5.99. The first kappa shape index (κ1) is 10.2. The maximum Gasteiger partial charge on any atom is 0.142 e. The van der Waals surface area contributed by atoms with E-state index in [0.29, 0.717) is 0 Å². The van der Waals surface area contributed by atoms with Gasteiger partial charge in [-0.2, -0.15) is 0 Å². The summed E-state index contributed by atoms with van der Waals surface area (Å²) in [4.78, 5) is 0. The molecule has 84 valence electrons. The summed E-state index contributed by atoms with van der Waals surface area (Å²) < 4.78 is 5.99. The first-order valence-electron chi connectivity index (χ1n) is 5.83. The summed E-state index contributed by atoms with van der Waals surface area (Å²) in [6, 6.07) is 16.6. The van der Waals surface area contributed by atoms with Crippen LogP contribution in [0.5, 0.6) is 5.75 Å². The Morgan fingerprint density at radius 2 is 1.88 bits per heavy atom. The monoisotopic (exact) mass is 222 g/mol. The lowest BCUT2D eigenvalue weighted by Gasteiger charge is -2.21. The molecule has 2 aromatic carbocycles. The average Bonchev–Trinajstić information content (AvgIpc) is 2.38. The van der Waals surface area contributed by atoms with E-state index < -0.39 is 0 Å². The van der Waals surface area contributed by atoms with Crippen LogP contribution in [0.4, 0.5) is 0 Å². The smallest absolute Gasteiger partial charge is 0.142 e. The first-order valence-corrected chi connectivity index (χ1v) is 5.83. The zero-order chi connectivity index (χ0) is 11.7. The Morgan fingerprint density at radius 3 is 2.76 bits per heavy atom. The molecule has 1 nitrogen and oxygen atoms in total. The van der Waals surface area contributed by atoms with Crippen molar-refractivity contribution in [1.82, 2.24) is 0 Å².